The van der Waals surface area contributed by atoms with Crippen LogP contribution in [0, 0.1) is 5.92 Å². The lowest BCUT2D eigenvalue weighted by Crippen LogP contribution is -2.14. The lowest BCUT2D eigenvalue weighted by molar-refractivity contribution is -0.140. The van der Waals surface area contributed by atoms with E-state index in [2.05, 4.69) is 4.52 Å². The lowest BCUT2D eigenvalue weighted by Gasteiger charge is -2.12. The third-order valence-electron chi connectivity index (χ3n) is 1.41. The maximum atomic E-state index is 11.2. The molecule has 2 atom stereocenters. The highest BCUT2D eigenvalue weighted by atomic mass is 31.2. The highest BCUT2D eigenvalue weighted by molar-refractivity contribution is 7.58. The Morgan fingerprint density at radius 1 is 1.73 bits per heavy atom. The average Bonchev–Trinajstić information content (AvgIpc) is 1.87. The van der Waals surface area contributed by atoms with Crippen LogP contribution in [0.15, 0.2) is 0 Å². The molecule has 0 spiro atoms. The van der Waals surface area contributed by atoms with Gasteiger partial charge in [0.2, 0.25) is 7.37 Å². The molecule has 0 aliphatic carbocycles. The van der Waals surface area contributed by atoms with Crippen molar-refractivity contribution in [3.05, 3.63) is 0 Å². The van der Waals surface area contributed by atoms with Gasteiger partial charge in [0.05, 0.1) is 5.92 Å². The molecule has 11 heavy (non-hydrogen) atoms. The fourth-order valence-corrected chi connectivity index (χ4v) is 1.95. The molecular formula is C6H13O4P. The van der Waals surface area contributed by atoms with Crippen LogP contribution in [0.5, 0.6) is 0 Å². The van der Waals surface area contributed by atoms with E-state index in [1.165, 1.54) is 20.7 Å². The van der Waals surface area contributed by atoms with E-state index in [4.69, 9.17) is 5.11 Å². The summed E-state index contributed by atoms with van der Waals surface area (Å²) >= 11 is 0. The highest BCUT2D eigenvalue weighted by Gasteiger charge is 2.22. The molecule has 2 unspecified atom stereocenters. The second kappa shape index (κ2) is 3.88. The summed E-state index contributed by atoms with van der Waals surface area (Å²) in [6, 6.07) is 0. The van der Waals surface area contributed by atoms with Gasteiger partial charge in [-0.05, 0) is 0 Å². The standard InChI is InChI=1S/C6H13O4P/c1-5(6(7)8)4-11(3,9)10-2/h5H,4H2,1-3H3,(H,7,8). The van der Waals surface area contributed by atoms with Crippen molar-refractivity contribution in [2.75, 3.05) is 19.9 Å². The van der Waals surface area contributed by atoms with Crippen LogP contribution in [-0.2, 0) is 13.9 Å². The normalized spacial score (nSPS) is 18.8. The van der Waals surface area contributed by atoms with Crippen LogP contribution in [0.25, 0.3) is 0 Å². The second-order valence-corrected chi connectivity index (χ2v) is 5.38. The van der Waals surface area contributed by atoms with Gasteiger partial charge in [0, 0.05) is 19.9 Å². The van der Waals surface area contributed by atoms with Crippen LogP contribution in [0.3, 0.4) is 0 Å². The van der Waals surface area contributed by atoms with E-state index < -0.39 is 19.3 Å². The zero-order chi connectivity index (χ0) is 9.07. The summed E-state index contributed by atoms with van der Waals surface area (Å²) in [6.45, 7) is 2.95. The number of hydrogen-bond acceptors (Lipinski definition) is 3. The Bertz CT molecular complexity index is 189. The average molecular weight is 180 g/mol. The van der Waals surface area contributed by atoms with Crippen molar-refractivity contribution in [2.24, 2.45) is 5.92 Å². The van der Waals surface area contributed by atoms with Gasteiger partial charge < -0.3 is 9.63 Å². The van der Waals surface area contributed by atoms with Crippen molar-refractivity contribution < 1.29 is 19.0 Å². The summed E-state index contributed by atoms with van der Waals surface area (Å²) in [5.74, 6) is -1.55. The Labute approximate surface area is 66.0 Å². The van der Waals surface area contributed by atoms with Crippen LogP contribution < -0.4 is 0 Å². The zero-order valence-electron chi connectivity index (χ0n) is 6.90. The minimum absolute atomic E-state index is 0.0961. The van der Waals surface area contributed by atoms with Crippen molar-refractivity contribution in [1.82, 2.24) is 0 Å². The van der Waals surface area contributed by atoms with E-state index in [9.17, 15) is 9.36 Å². The largest absolute Gasteiger partial charge is 0.481 e. The summed E-state index contributed by atoms with van der Waals surface area (Å²) in [7, 11) is -1.34. The van der Waals surface area contributed by atoms with E-state index in [-0.39, 0.29) is 6.16 Å². The summed E-state index contributed by atoms with van der Waals surface area (Å²) in [5.41, 5.74) is 0. The van der Waals surface area contributed by atoms with Gasteiger partial charge in [0.15, 0.2) is 0 Å². The summed E-state index contributed by atoms with van der Waals surface area (Å²) in [5, 5.41) is 8.46. The molecular weight excluding hydrogens is 167 g/mol. The van der Waals surface area contributed by atoms with E-state index >= 15 is 0 Å². The number of aliphatic carboxylic acids is 1. The molecule has 0 aromatic heterocycles. The molecule has 5 heteroatoms. The first-order valence-electron chi connectivity index (χ1n) is 3.24. The molecule has 0 fully saturated rings. The van der Waals surface area contributed by atoms with E-state index in [0.29, 0.717) is 0 Å². The van der Waals surface area contributed by atoms with Gasteiger partial charge in [-0.1, -0.05) is 6.92 Å². The number of rotatable bonds is 4. The predicted octanol–water partition coefficient (Wildman–Crippen LogP) is 1.26. The van der Waals surface area contributed by atoms with Crippen molar-refractivity contribution in [1.29, 1.82) is 0 Å². The summed E-state index contributed by atoms with van der Waals surface area (Å²) in [6.07, 6.45) is 0.0961. The summed E-state index contributed by atoms with van der Waals surface area (Å²) in [4.78, 5) is 10.3. The minimum Gasteiger partial charge on any atom is -0.481 e. The molecule has 0 aliphatic rings. The molecule has 0 saturated carbocycles. The first-order chi connectivity index (χ1) is 4.89. The first kappa shape index (κ1) is 10.7. The maximum Gasteiger partial charge on any atom is 0.306 e. The minimum atomic E-state index is -2.66. The van der Waals surface area contributed by atoms with Crippen molar-refractivity contribution in [2.45, 2.75) is 6.92 Å². The Morgan fingerprint density at radius 3 is 2.45 bits per heavy atom. The SMILES string of the molecule is COP(C)(=O)CC(C)C(=O)O. The fraction of sp³-hybridized carbons (Fsp3) is 0.833. The first-order valence-corrected chi connectivity index (χ1v) is 5.50. The van der Waals surface area contributed by atoms with Crippen LogP contribution in [0.1, 0.15) is 6.92 Å². The zero-order valence-corrected chi connectivity index (χ0v) is 7.80. The van der Waals surface area contributed by atoms with Gasteiger partial charge in [-0.3, -0.25) is 9.36 Å². The lowest BCUT2D eigenvalue weighted by atomic mass is 10.2. The van der Waals surface area contributed by atoms with Gasteiger partial charge in [-0.25, -0.2) is 0 Å². The van der Waals surface area contributed by atoms with E-state index in [1.54, 1.807) is 0 Å². The van der Waals surface area contributed by atoms with Gasteiger partial charge >= 0.3 is 5.97 Å². The third kappa shape index (κ3) is 4.17. The Hall–Kier alpha value is -0.340. The predicted molar refractivity (Wildman–Crippen MR) is 42.2 cm³/mol. The molecule has 0 saturated heterocycles. The molecule has 0 aliphatic heterocycles. The number of carboxylic acids is 1. The van der Waals surface area contributed by atoms with Gasteiger partial charge in [-0.2, -0.15) is 0 Å². The van der Waals surface area contributed by atoms with E-state index in [0.717, 1.165) is 0 Å². The number of carboxylic acid groups (broad SMARTS) is 1. The number of carbonyl (C=O) groups is 1. The molecule has 4 nitrogen and oxygen atoms in total. The maximum absolute atomic E-state index is 11.2. The van der Waals surface area contributed by atoms with Gasteiger partial charge in [0.1, 0.15) is 0 Å². The Kier molecular flexibility index (Phi) is 3.76. The van der Waals surface area contributed by atoms with Crippen LogP contribution in [0.4, 0.5) is 0 Å². The van der Waals surface area contributed by atoms with Crippen molar-refractivity contribution in [3.8, 4) is 0 Å². The molecule has 0 amide bonds. The quantitative estimate of drug-likeness (QED) is 0.661. The summed E-state index contributed by atoms with van der Waals surface area (Å²) < 4.78 is 15.9. The molecule has 66 valence electrons. The third-order valence-corrected chi connectivity index (χ3v) is 3.40. The van der Waals surface area contributed by atoms with Crippen LogP contribution in [0.2, 0.25) is 0 Å². The van der Waals surface area contributed by atoms with Gasteiger partial charge in [-0.15, -0.1) is 0 Å². The molecule has 0 aromatic carbocycles. The van der Waals surface area contributed by atoms with Gasteiger partial charge in [0.25, 0.3) is 0 Å². The molecule has 0 aromatic rings. The second-order valence-electron chi connectivity index (χ2n) is 2.62. The van der Waals surface area contributed by atoms with Crippen LogP contribution >= 0.6 is 7.37 Å². The van der Waals surface area contributed by atoms with E-state index in [1.807, 2.05) is 0 Å². The monoisotopic (exact) mass is 180 g/mol. The Morgan fingerprint density at radius 2 is 2.18 bits per heavy atom. The van der Waals surface area contributed by atoms with Crippen molar-refractivity contribution >= 4 is 13.3 Å². The topological polar surface area (TPSA) is 63.6 Å². The molecule has 1 N–H and O–H groups in total. The molecule has 0 heterocycles. The molecule has 0 rings (SSSR count). The van der Waals surface area contributed by atoms with Crippen LogP contribution in [-0.4, -0.2) is 31.0 Å². The highest BCUT2D eigenvalue weighted by Crippen LogP contribution is 2.43. The molecule has 0 bridgehead atoms. The smallest absolute Gasteiger partial charge is 0.306 e. The number of hydrogen-bond donors (Lipinski definition) is 1. The van der Waals surface area contributed by atoms with Crippen molar-refractivity contribution in [3.63, 3.8) is 0 Å². The Balaban J connectivity index is 4.04. The fourth-order valence-electron chi connectivity index (χ4n) is 0.650. The molecule has 0 radical (unpaired) electrons.